The van der Waals surface area contributed by atoms with Crippen molar-refractivity contribution in [2.45, 2.75) is 0 Å². The second kappa shape index (κ2) is 5.88. The molecule has 0 atom stereocenters. The van der Waals surface area contributed by atoms with E-state index in [-0.39, 0.29) is 6.61 Å². The standard InChI is InChI=1S/C7H13NO3/c1-8(5-6-9)4-2-3-7(10)11/h2-3,9H,4-6H2,1H3,(H,10,11)/b3-2+. The maximum absolute atomic E-state index is 9.98. The van der Waals surface area contributed by atoms with E-state index in [9.17, 15) is 4.79 Å². The number of aliphatic carboxylic acids is 1. The molecule has 0 aromatic carbocycles. The fourth-order valence-electron chi connectivity index (χ4n) is 0.595. The Morgan fingerprint density at radius 1 is 1.64 bits per heavy atom. The number of hydrogen-bond donors (Lipinski definition) is 2. The van der Waals surface area contributed by atoms with Gasteiger partial charge in [-0.05, 0) is 7.05 Å². The molecule has 4 nitrogen and oxygen atoms in total. The summed E-state index contributed by atoms with van der Waals surface area (Å²) < 4.78 is 0. The first-order valence-electron chi connectivity index (χ1n) is 3.35. The zero-order valence-corrected chi connectivity index (χ0v) is 6.53. The summed E-state index contributed by atoms with van der Waals surface area (Å²) in [7, 11) is 1.81. The van der Waals surface area contributed by atoms with Crippen LogP contribution in [0.2, 0.25) is 0 Å². The highest BCUT2D eigenvalue weighted by atomic mass is 16.4. The zero-order chi connectivity index (χ0) is 8.69. The number of carboxylic acid groups (broad SMARTS) is 1. The van der Waals surface area contributed by atoms with E-state index >= 15 is 0 Å². The molecular formula is C7H13NO3. The van der Waals surface area contributed by atoms with E-state index in [1.54, 1.807) is 0 Å². The van der Waals surface area contributed by atoms with Gasteiger partial charge in [0, 0.05) is 19.2 Å². The lowest BCUT2D eigenvalue weighted by atomic mass is 10.4. The van der Waals surface area contributed by atoms with Crippen molar-refractivity contribution < 1.29 is 15.0 Å². The minimum atomic E-state index is -0.942. The lowest BCUT2D eigenvalue weighted by Crippen LogP contribution is -2.22. The number of nitrogens with zero attached hydrogens (tertiary/aromatic N) is 1. The fraction of sp³-hybridized carbons (Fsp3) is 0.571. The molecule has 0 aliphatic rings. The summed E-state index contributed by atoms with van der Waals surface area (Å²) >= 11 is 0. The average molecular weight is 159 g/mol. The molecule has 0 fully saturated rings. The Hall–Kier alpha value is -0.870. The molecule has 0 aromatic rings. The number of carbonyl (C=O) groups is 1. The molecular weight excluding hydrogens is 146 g/mol. The average Bonchev–Trinajstić information content (AvgIpc) is 1.87. The Balaban J connectivity index is 3.44. The molecule has 2 N–H and O–H groups in total. The molecule has 0 bridgehead atoms. The molecule has 11 heavy (non-hydrogen) atoms. The summed E-state index contributed by atoms with van der Waals surface area (Å²) in [5.74, 6) is -0.942. The molecule has 4 heteroatoms. The molecule has 0 saturated heterocycles. The third kappa shape index (κ3) is 7.02. The van der Waals surface area contributed by atoms with Crippen LogP contribution in [0.3, 0.4) is 0 Å². The van der Waals surface area contributed by atoms with E-state index in [0.29, 0.717) is 13.1 Å². The second-order valence-electron chi connectivity index (χ2n) is 2.23. The first-order chi connectivity index (χ1) is 5.16. The van der Waals surface area contributed by atoms with Gasteiger partial charge in [0.15, 0.2) is 0 Å². The highest BCUT2D eigenvalue weighted by Gasteiger charge is 1.92. The summed E-state index contributed by atoms with van der Waals surface area (Å²) in [5.41, 5.74) is 0. The summed E-state index contributed by atoms with van der Waals surface area (Å²) in [6, 6.07) is 0. The molecule has 0 rings (SSSR count). The van der Waals surface area contributed by atoms with Crippen LogP contribution in [-0.4, -0.2) is 47.8 Å². The van der Waals surface area contributed by atoms with Crippen molar-refractivity contribution in [1.29, 1.82) is 0 Å². The Morgan fingerprint density at radius 2 is 2.27 bits per heavy atom. The van der Waals surface area contributed by atoms with Gasteiger partial charge in [0.1, 0.15) is 0 Å². The molecule has 0 aliphatic heterocycles. The van der Waals surface area contributed by atoms with Gasteiger partial charge in [-0.15, -0.1) is 0 Å². The molecule has 0 aromatic heterocycles. The quantitative estimate of drug-likeness (QED) is 0.533. The van der Waals surface area contributed by atoms with Crippen LogP contribution in [0.1, 0.15) is 0 Å². The molecule has 0 radical (unpaired) electrons. The molecule has 0 saturated carbocycles. The molecule has 0 aliphatic carbocycles. The van der Waals surface area contributed by atoms with Gasteiger partial charge >= 0.3 is 5.97 Å². The largest absolute Gasteiger partial charge is 0.478 e. The summed E-state index contributed by atoms with van der Waals surface area (Å²) in [6.07, 6.45) is 2.63. The third-order valence-electron chi connectivity index (χ3n) is 1.16. The van der Waals surface area contributed by atoms with Crippen molar-refractivity contribution in [3.05, 3.63) is 12.2 Å². The fourth-order valence-corrected chi connectivity index (χ4v) is 0.595. The van der Waals surface area contributed by atoms with E-state index in [2.05, 4.69) is 0 Å². The first kappa shape index (κ1) is 10.1. The van der Waals surface area contributed by atoms with Gasteiger partial charge in [-0.2, -0.15) is 0 Å². The van der Waals surface area contributed by atoms with Crippen molar-refractivity contribution in [3.8, 4) is 0 Å². The van der Waals surface area contributed by atoms with Gasteiger partial charge in [0.25, 0.3) is 0 Å². The number of aliphatic hydroxyl groups excluding tert-OH is 1. The number of carboxylic acids is 1. The van der Waals surface area contributed by atoms with Crippen molar-refractivity contribution in [2.75, 3.05) is 26.7 Å². The van der Waals surface area contributed by atoms with Crippen LogP contribution in [0.25, 0.3) is 0 Å². The van der Waals surface area contributed by atoms with Crippen LogP contribution in [0, 0.1) is 0 Å². The number of likely N-dealkylation sites (N-methyl/N-ethyl adjacent to an activating group) is 1. The summed E-state index contributed by atoms with van der Waals surface area (Å²) in [6.45, 7) is 1.20. The normalized spacial score (nSPS) is 11.2. The molecule has 0 heterocycles. The molecule has 0 unspecified atom stereocenters. The molecule has 0 spiro atoms. The van der Waals surface area contributed by atoms with Gasteiger partial charge in [0.2, 0.25) is 0 Å². The van der Waals surface area contributed by atoms with Crippen molar-refractivity contribution in [1.82, 2.24) is 4.90 Å². The van der Waals surface area contributed by atoms with E-state index < -0.39 is 5.97 Å². The first-order valence-corrected chi connectivity index (χ1v) is 3.35. The maximum atomic E-state index is 9.98. The Labute approximate surface area is 65.7 Å². The third-order valence-corrected chi connectivity index (χ3v) is 1.16. The predicted molar refractivity (Wildman–Crippen MR) is 41.4 cm³/mol. The summed E-state index contributed by atoms with van der Waals surface area (Å²) in [4.78, 5) is 11.8. The van der Waals surface area contributed by atoms with Crippen molar-refractivity contribution in [2.24, 2.45) is 0 Å². The van der Waals surface area contributed by atoms with E-state index in [1.165, 1.54) is 6.08 Å². The van der Waals surface area contributed by atoms with Crippen LogP contribution in [-0.2, 0) is 4.79 Å². The number of hydrogen-bond acceptors (Lipinski definition) is 3. The Bertz CT molecular complexity index is 145. The Kier molecular flexibility index (Phi) is 5.42. The van der Waals surface area contributed by atoms with Gasteiger partial charge < -0.3 is 15.1 Å². The van der Waals surface area contributed by atoms with Crippen molar-refractivity contribution >= 4 is 5.97 Å². The SMILES string of the molecule is CN(C/C=C/C(=O)O)CCO. The predicted octanol–water partition coefficient (Wildman–Crippen LogP) is -0.449. The molecule has 64 valence electrons. The van der Waals surface area contributed by atoms with Crippen LogP contribution >= 0.6 is 0 Å². The zero-order valence-electron chi connectivity index (χ0n) is 6.53. The van der Waals surface area contributed by atoms with E-state index in [0.717, 1.165) is 6.08 Å². The number of aliphatic hydroxyl groups is 1. The van der Waals surface area contributed by atoms with E-state index in [4.69, 9.17) is 10.2 Å². The van der Waals surface area contributed by atoms with Gasteiger partial charge in [0.05, 0.1) is 6.61 Å². The van der Waals surface area contributed by atoms with Crippen LogP contribution in [0.15, 0.2) is 12.2 Å². The summed E-state index contributed by atoms with van der Waals surface area (Å²) in [5, 5.41) is 16.7. The maximum Gasteiger partial charge on any atom is 0.328 e. The van der Waals surface area contributed by atoms with Crippen LogP contribution in [0.4, 0.5) is 0 Å². The molecule has 0 amide bonds. The van der Waals surface area contributed by atoms with Gasteiger partial charge in [-0.3, -0.25) is 0 Å². The topological polar surface area (TPSA) is 60.8 Å². The smallest absolute Gasteiger partial charge is 0.328 e. The highest BCUT2D eigenvalue weighted by Crippen LogP contribution is 1.82. The van der Waals surface area contributed by atoms with Gasteiger partial charge in [-0.25, -0.2) is 4.79 Å². The van der Waals surface area contributed by atoms with Crippen molar-refractivity contribution in [3.63, 3.8) is 0 Å². The van der Waals surface area contributed by atoms with Gasteiger partial charge in [-0.1, -0.05) is 6.08 Å². The lowest BCUT2D eigenvalue weighted by Gasteiger charge is -2.10. The Morgan fingerprint density at radius 3 is 2.73 bits per heavy atom. The van der Waals surface area contributed by atoms with Crippen LogP contribution in [0.5, 0.6) is 0 Å². The number of rotatable bonds is 5. The minimum Gasteiger partial charge on any atom is -0.478 e. The van der Waals surface area contributed by atoms with Crippen LogP contribution < -0.4 is 0 Å². The monoisotopic (exact) mass is 159 g/mol. The highest BCUT2D eigenvalue weighted by molar-refractivity contribution is 5.79. The second-order valence-corrected chi connectivity index (χ2v) is 2.23. The minimum absolute atomic E-state index is 0.0947. The lowest BCUT2D eigenvalue weighted by molar-refractivity contribution is -0.131. The van der Waals surface area contributed by atoms with E-state index in [1.807, 2.05) is 11.9 Å².